The smallest absolute Gasteiger partial charge is 0.336 e. The highest BCUT2D eigenvalue weighted by Crippen LogP contribution is 2.36. The molecule has 1 aromatic heterocycles. The van der Waals surface area contributed by atoms with Gasteiger partial charge in [0.1, 0.15) is 0 Å². The molecule has 0 fully saturated rings. The number of benzene rings is 1. The molecular formula is C16H15ClF3N3O2S. The molecule has 0 aliphatic rings. The van der Waals surface area contributed by atoms with Gasteiger partial charge in [0.15, 0.2) is 0 Å². The molecule has 0 spiro atoms. The van der Waals surface area contributed by atoms with Crippen LogP contribution in [0.5, 0.6) is 0 Å². The molecule has 0 radical (unpaired) electrons. The van der Waals surface area contributed by atoms with Crippen molar-refractivity contribution >= 4 is 40.4 Å². The van der Waals surface area contributed by atoms with Crippen LogP contribution in [0.4, 0.5) is 18.9 Å². The number of aryl methyl sites for hydroxylation is 1. The quantitative estimate of drug-likeness (QED) is 0.823. The second-order valence-corrected chi connectivity index (χ2v) is 6.99. The van der Waals surface area contributed by atoms with Gasteiger partial charge in [-0.3, -0.25) is 9.59 Å². The summed E-state index contributed by atoms with van der Waals surface area (Å²) in [4.78, 5) is 29.4. The Bertz CT molecular complexity index is 823. The number of amides is 2. The average Bonchev–Trinajstić information content (AvgIpc) is 2.93. The van der Waals surface area contributed by atoms with Gasteiger partial charge in [-0.2, -0.15) is 13.2 Å². The predicted molar refractivity (Wildman–Crippen MR) is 93.3 cm³/mol. The molecule has 1 aromatic carbocycles. The number of carbonyl (C=O) groups is 2. The summed E-state index contributed by atoms with van der Waals surface area (Å²) in [6, 6.07) is 3.06. The average molecular weight is 406 g/mol. The topological polar surface area (TPSA) is 62.3 Å². The van der Waals surface area contributed by atoms with Crippen molar-refractivity contribution in [3.63, 3.8) is 0 Å². The first-order valence-electron chi connectivity index (χ1n) is 7.38. The van der Waals surface area contributed by atoms with E-state index in [0.29, 0.717) is 5.69 Å². The molecule has 0 bridgehead atoms. The Morgan fingerprint density at radius 2 is 2.04 bits per heavy atom. The van der Waals surface area contributed by atoms with Crippen LogP contribution in [0.1, 0.15) is 16.3 Å². The predicted octanol–water partition coefficient (Wildman–Crippen LogP) is 3.76. The van der Waals surface area contributed by atoms with E-state index in [9.17, 15) is 22.8 Å². The summed E-state index contributed by atoms with van der Waals surface area (Å²) in [7, 11) is 1.43. The van der Waals surface area contributed by atoms with Crippen LogP contribution in [0, 0.1) is 6.92 Å². The van der Waals surface area contributed by atoms with Gasteiger partial charge in [0, 0.05) is 18.1 Å². The largest absolute Gasteiger partial charge is 0.417 e. The fourth-order valence-electron chi connectivity index (χ4n) is 2.10. The standard InChI is InChI=1S/C16H15ClF3N3O2S/c1-9-21-11(8-26-9)6-15(25)23(2)7-14(24)22-10-3-4-13(17)12(5-10)16(18,19)20/h3-5,8H,6-7H2,1-2H3,(H,22,24). The van der Waals surface area contributed by atoms with Crippen molar-refractivity contribution in [1.82, 2.24) is 9.88 Å². The number of hydrogen-bond donors (Lipinski definition) is 1. The van der Waals surface area contributed by atoms with Crippen molar-refractivity contribution in [3.8, 4) is 0 Å². The lowest BCUT2D eigenvalue weighted by Crippen LogP contribution is -2.35. The normalized spacial score (nSPS) is 11.3. The summed E-state index contributed by atoms with van der Waals surface area (Å²) in [6.45, 7) is 1.52. The first kappa shape index (κ1) is 20.2. The summed E-state index contributed by atoms with van der Waals surface area (Å²) in [5.41, 5.74) is -0.486. The number of halogens is 4. The van der Waals surface area contributed by atoms with E-state index in [0.717, 1.165) is 17.1 Å². The van der Waals surface area contributed by atoms with Crippen molar-refractivity contribution < 1.29 is 22.8 Å². The number of nitrogens with one attached hydrogen (secondary N) is 1. The number of hydrogen-bond acceptors (Lipinski definition) is 4. The molecular weight excluding hydrogens is 391 g/mol. The molecule has 0 atom stereocenters. The highest BCUT2D eigenvalue weighted by atomic mass is 35.5. The van der Waals surface area contributed by atoms with Crippen molar-refractivity contribution in [2.75, 3.05) is 18.9 Å². The van der Waals surface area contributed by atoms with Crippen LogP contribution < -0.4 is 5.32 Å². The summed E-state index contributed by atoms with van der Waals surface area (Å²) in [6.07, 6.45) is -4.58. The van der Waals surface area contributed by atoms with E-state index < -0.39 is 22.7 Å². The molecule has 2 aromatic rings. The van der Waals surface area contributed by atoms with Gasteiger partial charge in [-0.1, -0.05) is 11.6 Å². The van der Waals surface area contributed by atoms with Crippen molar-refractivity contribution in [2.45, 2.75) is 19.5 Å². The number of alkyl halides is 3. The van der Waals surface area contributed by atoms with Crippen LogP contribution in [0.25, 0.3) is 0 Å². The van der Waals surface area contributed by atoms with Crippen LogP contribution in [-0.4, -0.2) is 35.3 Å². The van der Waals surface area contributed by atoms with Gasteiger partial charge in [-0.05, 0) is 25.1 Å². The summed E-state index contributed by atoms with van der Waals surface area (Å²) in [5, 5.41) is 4.46. The van der Waals surface area contributed by atoms with Crippen LogP contribution >= 0.6 is 22.9 Å². The molecule has 1 heterocycles. The summed E-state index contributed by atoms with van der Waals surface area (Å²) >= 11 is 6.95. The fourth-order valence-corrected chi connectivity index (χ4v) is 2.94. The molecule has 1 N–H and O–H groups in total. The maximum absolute atomic E-state index is 12.8. The number of carbonyl (C=O) groups excluding carboxylic acids is 2. The molecule has 2 rings (SSSR count). The molecule has 26 heavy (non-hydrogen) atoms. The molecule has 0 saturated heterocycles. The third-order valence-corrected chi connectivity index (χ3v) is 4.51. The number of anilines is 1. The highest BCUT2D eigenvalue weighted by Gasteiger charge is 2.33. The summed E-state index contributed by atoms with van der Waals surface area (Å²) in [5.74, 6) is -0.941. The van der Waals surface area contributed by atoms with Gasteiger partial charge >= 0.3 is 6.18 Å². The van der Waals surface area contributed by atoms with E-state index in [4.69, 9.17) is 11.6 Å². The van der Waals surface area contributed by atoms with Crippen molar-refractivity contribution in [1.29, 1.82) is 0 Å². The van der Waals surface area contributed by atoms with Gasteiger partial charge in [-0.25, -0.2) is 4.98 Å². The van der Waals surface area contributed by atoms with E-state index in [-0.39, 0.29) is 24.6 Å². The zero-order valence-corrected chi connectivity index (χ0v) is 15.4. The third-order valence-electron chi connectivity index (χ3n) is 3.36. The van der Waals surface area contributed by atoms with E-state index in [2.05, 4.69) is 10.3 Å². The first-order valence-corrected chi connectivity index (χ1v) is 8.63. The number of nitrogens with zero attached hydrogens (tertiary/aromatic N) is 2. The molecule has 0 saturated carbocycles. The van der Waals surface area contributed by atoms with E-state index in [1.165, 1.54) is 29.4 Å². The van der Waals surface area contributed by atoms with Crippen LogP contribution in [0.3, 0.4) is 0 Å². The highest BCUT2D eigenvalue weighted by molar-refractivity contribution is 7.09. The molecule has 10 heteroatoms. The zero-order valence-electron chi connectivity index (χ0n) is 13.9. The Balaban J connectivity index is 1.96. The monoisotopic (exact) mass is 405 g/mol. The Hall–Kier alpha value is -2.13. The van der Waals surface area contributed by atoms with Crippen molar-refractivity contribution in [2.24, 2.45) is 0 Å². The summed E-state index contributed by atoms with van der Waals surface area (Å²) < 4.78 is 38.5. The second-order valence-electron chi connectivity index (χ2n) is 5.52. The Morgan fingerprint density at radius 3 is 2.62 bits per heavy atom. The lowest BCUT2D eigenvalue weighted by molar-refractivity contribution is -0.137. The molecule has 0 unspecified atom stereocenters. The molecule has 2 amide bonds. The van der Waals surface area contributed by atoms with Gasteiger partial charge in [-0.15, -0.1) is 11.3 Å². The Labute approximate surface area is 156 Å². The Kier molecular flexibility index (Phi) is 6.25. The number of aromatic nitrogens is 1. The van der Waals surface area contributed by atoms with Gasteiger partial charge in [0.2, 0.25) is 11.8 Å². The molecule has 0 aliphatic carbocycles. The van der Waals surface area contributed by atoms with Crippen LogP contribution in [-0.2, 0) is 22.2 Å². The van der Waals surface area contributed by atoms with E-state index in [1.807, 2.05) is 6.92 Å². The Morgan fingerprint density at radius 1 is 1.35 bits per heavy atom. The minimum atomic E-state index is -4.63. The number of rotatable bonds is 5. The van der Waals surface area contributed by atoms with Crippen LogP contribution in [0.2, 0.25) is 5.02 Å². The molecule has 5 nitrogen and oxygen atoms in total. The van der Waals surface area contributed by atoms with Crippen molar-refractivity contribution in [3.05, 3.63) is 44.9 Å². The number of thiazole rings is 1. The number of likely N-dealkylation sites (N-methyl/N-ethyl adjacent to an activating group) is 1. The molecule has 0 aliphatic heterocycles. The lowest BCUT2D eigenvalue weighted by atomic mass is 10.2. The van der Waals surface area contributed by atoms with Gasteiger partial charge in [0.05, 0.1) is 34.3 Å². The minimum absolute atomic E-state index is 0.0489. The molecule has 140 valence electrons. The maximum Gasteiger partial charge on any atom is 0.417 e. The fraction of sp³-hybridized carbons (Fsp3) is 0.312. The SMILES string of the molecule is Cc1nc(CC(=O)N(C)CC(=O)Nc2ccc(Cl)c(C(F)(F)F)c2)cs1. The zero-order chi connectivity index (χ0) is 19.5. The van der Waals surface area contributed by atoms with Gasteiger partial charge < -0.3 is 10.2 Å². The van der Waals surface area contributed by atoms with Gasteiger partial charge in [0.25, 0.3) is 0 Å². The maximum atomic E-state index is 12.8. The lowest BCUT2D eigenvalue weighted by Gasteiger charge is -2.17. The second kappa shape index (κ2) is 8.05. The van der Waals surface area contributed by atoms with Crippen LogP contribution in [0.15, 0.2) is 23.6 Å². The van der Waals surface area contributed by atoms with E-state index >= 15 is 0 Å². The first-order chi connectivity index (χ1) is 12.1. The third kappa shape index (κ3) is 5.43. The van der Waals surface area contributed by atoms with E-state index in [1.54, 1.807) is 5.38 Å². The minimum Gasteiger partial charge on any atom is -0.336 e.